The molecule has 4 aliphatic carbocycles. The molecule has 0 saturated heterocycles. The fraction of sp³-hybridized carbons (Fsp3) is 0.400. The summed E-state index contributed by atoms with van der Waals surface area (Å²) in [5.41, 5.74) is 2.47. The van der Waals surface area contributed by atoms with E-state index < -0.39 is 15.9 Å². The second kappa shape index (κ2) is 8.57. The van der Waals surface area contributed by atoms with E-state index in [-0.39, 0.29) is 14.9 Å². The highest BCUT2D eigenvalue weighted by Crippen LogP contribution is 2.60. The molecular weight excluding hydrogens is 504 g/mol. The number of halogens is 1. The van der Waals surface area contributed by atoms with Gasteiger partial charge < -0.3 is 0 Å². The van der Waals surface area contributed by atoms with E-state index in [1.807, 2.05) is 12.1 Å². The van der Waals surface area contributed by atoms with Crippen LogP contribution in [0.2, 0.25) is 5.02 Å². The minimum Gasteiger partial charge on any atom is -0.296 e. The van der Waals surface area contributed by atoms with E-state index in [0.29, 0.717) is 16.3 Å². The molecule has 0 unspecified atom stereocenters. The van der Waals surface area contributed by atoms with Crippen molar-refractivity contribution in [3.8, 4) is 0 Å². The van der Waals surface area contributed by atoms with Gasteiger partial charge in [0, 0.05) is 16.3 Å². The molecule has 7 rings (SSSR count). The Bertz CT molecular complexity index is 1340. The first kappa shape index (κ1) is 22.9. The third-order valence-corrected chi connectivity index (χ3v) is 10.6. The summed E-state index contributed by atoms with van der Waals surface area (Å²) in [5, 5.41) is 10.8. The van der Waals surface area contributed by atoms with Gasteiger partial charge in [-0.2, -0.15) is 8.42 Å². The lowest BCUT2D eigenvalue weighted by Crippen LogP contribution is -2.48. The Balaban J connectivity index is 1.14. The first-order valence-corrected chi connectivity index (χ1v) is 14.5. The maximum absolute atomic E-state index is 12.9. The number of sulfonamides is 1. The van der Waals surface area contributed by atoms with Crippen LogP contribution in [0.1, 0.15) is 54.4 Å². The van der Waals surface area contributed by atoms with E-state index in [0.717, 1.165) is 29.1 Å². The van der Waals surface area contributed by atoms with Crippen LogP contribution >= 0.6 is 22.9 Å². The van der Waals surface area contributed by atoms with Crippen LogP contribution in [0.5, 0.6) is 0 Å². The van der Waals surface area contributed by atoms with Crippen LogP contribution in [0.4, 0.5) is 10.8 Å². The maximum Gasteiger partial charge on any atom is 0.291 e. The number of anilines is 2. The van der Waals surface area contributed by atoms with Crippen molar-refractivity contribution >= 4 is 49.7 Å². The van der Waals surface area contributed by atoms with Crippen LogP contribution in [-0.2, 0) is 15.4 Å². The average molecular weight is 529 g/mol. The van der Waals surface area contributed by atoms with Crippen molar-refractivity contribution in [2.45, 2.75) is 48.3 Å². The lowest BCUT2D eigenvalue weighted by molar-refractivity contribution is -0.00518. The Morgan fingerprint density at radius 1 is 0.914 bits per heavy atom. The molecule has 4 saturated carbocycles. The zero-order chi connectivity index (χ0) is 24.2. The second-order valence-corrected chi connectivity index (χ2v) is 13.5. The molecule has 0 radical (unpaired) electrons. The molecule has 4 fully saturated rings. The summed E-state index contributed by atoms with van der Waals surface area (Å²) in [6.45, 7) is 0. The number of carbonyl (C=O) groups excluding carboxylic acids is 1. The molecule has 7 nitrogen and oxygen atoms in total. The Kier molecular flexibility index (Phi) is 5.62. The van der Waals surface area contributed by atoms with Crippen LogP contribution < -0.4 is 10.0 Å². The minimum atomic E-state index is -3.93. The van der Waals surface area contributed by atoms with Crippen molar-refractivity contribution in [2.24, 2.45) is 17.8 Å². The number of aromatic nitrogens is 2. The average Bonchev–Trinajstić information content (AvgIpc) is 3.28. The summed E-state index contributed by atoms with van der Waals surface area (Å²) >= 11 is 6.65. The first-order valence-electron chi connectivity index (χ1n) is 11.8. The number of carbonyl (C=O) groups is 1. The van der Waals surface area contributed by atoms with Crippen molar-refractivity contribution in [3.05, 3.63) is 64.7 Å². The summed E-state index contributed by atoms with van der Waals surface area (Å²) in [4.78, 5) is 12.4. The van der Waals surface area contributed by atoms with Crippen molar-refractivity contribution in [3.63, 3.8) is 0 Å². The molecule has 2 aromatic carbocycles. The van der Waals surface area contributed by atoms with Crippen LogP contribution in [0.15, 0.2) is 52.9 Å². The highest BCUT2D eigenvalue weighted by Gasteiger charge is 2.51. The summed E-state index contributed by atoms with van der Waals surface area (Å²) in [7, 11) is -3.93. The van der Waals surface area contributed by atoms with Gasteiger partial charge in [-0.25, -0.2) is 0 Å². The van der Waals surface area contributed by atoms with Crippen molar-refractivity contribution in [2.75, 3.05) is 10.0 Å². The molecule has 2 N–H and O–H groups in total. The molecule has 1 heterocycles. The number of nitrogens with zero attached hydrogens (tertiary/aromatic N) is 2. The Labute approximate surface area is 213 Å². The highest BCUT2D eigenvalue weighted by molar-refractivity contribution is 7.94. The van der Waals surface area contributed by atoms with E-state index in [1.165, 1.54) is 44.1 Å². The molecule has 3 aromatic rings. The van der Waals surface area contributed by atoms with E-state index in [2.05, 4.69) is 32.4 Å². The Morgan fingerprint density at radius 2 is 1.51 bits per heavy atom. The number of hydrogen-bond acceptors (Lipinski definition) is 6. The van der Waals surface area contributed by atoms with Gasteiger partial charge in [0.2, 0.25) is 5.13 Å². The Morgan fingerprint density at radius 3 is 2.11 bits per heavy atom. The normalized spacial score (nSPS) is 27.1. The molecule has 0 spiro atoms. The standard InChI is InChI=1S/C25H25ClN4O3S2/c26-20-5-1-18(2-6-20)22(31)27-23-28-29-24(34-23)35(32,33)30-21-7-3-19(4-8-21)25-12-15-9-16(13-25)11-17(10-15)14-25/h1-8,15-17,30H,9-14H2,(H,27,28,31). The Hall–Kier alpha value is -2.49. The molecule has 1 amide bonds. The smallest absolute Gasteiger partial charge is 0.291 e. The quantitative estimate of drug-likeness (QED) is 0.399. The molecular formula is C25H25ClN4O3S2. The molecule has 1 aromatic heterocycles. The summed E-state index contributed by atoms with van der Waals surface area (Å²) in [6.07, 6.45) is 7.96. The van der Waals surface area contributed by atoms with E-state index in [9.17, 15) is 13.2 Å². The van der Waals surface area contributed by atoms with Gasteiger partial charge in [0.05, 0.1) is 0 Å². The summed E-state index contributed by atoms with van der Waals surface area (Å²) < 4.78 is 28.1. The van der Waals surface area contributed by atoms with Gasteiger partial charge >= 0.3 is 0 Å². The van der Waals surface area contributed by atoms with Gasteiger partial charge in [-0.3, -0.25) is 14.8 Å². The highest BCUT2D eigenvalue weighted by atomic mass is 35.5. The summed E-state index contributed by atoms with van der Waals surface area (Å²) in [5.74, 6) is 2.14. The van der Waals surface area contributed by atoms with E-state index in [1.54, 1.807) is 24.3 Å². The molecule has 4 bridgehead atoms. The van der Waals surface area contributed by atoms with Crippen LogP contribution in [0, 0.1) is 17.8 Å². The van der Waals surface area contributed by atoms with Gasteiger partial charge in [0.1, 0.15) is 0 Å². The molecule has 0 aliphatic heterocycles. The fourth-order valence-corrected chi connectivity index (χ4v) is 8.78. The van der Waals surface area contributed by atoms with Crippen LogP contribution in [0.3, 0.4) is 0 Å². The van der Waals surface area contributed by atoms with Crippen molar-refractivity contribution in [1.82, 2.24) is 10.2 Å². The minimum absolute atomic E-state index is 0.0995. The van der Waals surface area contributed by atoms with Crippen LogP contribution in [-0.4, -0.2) is 24.5 Å². The van der Waals surface area contributed by atoms with E-state index in [4.69, 9.17) is 11.6 Å². The van der Waals surface area contributed by atoms with Gasteiger partial charge in [-0.15, -0.1) is 10.2 Å². The third-order valence-electron chi connectivity index (χ3n) is 7.75. The lowest BCUT2D eigenvalue weighted by Gasteiger charge is -2.57. The predicted octanol–water partition coefficient (Wildman–Crippen LogP) is 5.71. The molecule has 0 atom stereocenters. The molecule has 4 aliphatic rings. The number of amides is 1. The zero-order valence-corrected chi connectivity index (χ0v) is 21.3. The van der Waals surface area contributed by atoms with Crippen molar-refractivity contribution in [1.29, 1.82) is 0 Å². The number of rotatable bonds is 6. The van der Waals surface area contributed by atoms with Gasteiger partial charge in [0.25, 0.3) is 20.3 Å². The molecule has 35 heavy (non-hydrogen) atoms. The topological polar surface area (TPSA) is 101 Å². The second-order valence-electron chi connectivity index (χ2n) is 10.2. The van der Waals surface area contributed by atoms with Crippen LogP contribution in [0.25, 0.3) is 0 Å². The SMILES string of the molecule is O=C(Nc1nnc(S(=O)(=O)Nc2ccc(C34CC5CC(CC(C5)C3)C4)cc2)s1)c1ccc(Cl)cc1. The van der Waals surface area contributed by atoms with Gasteiger partial charge in [-0.05, 0) is 104 Å². The fourth-order valence-electron chi connectivity index (χ4n) is 6.69. The third kappa shape index (κ3) is 4.45. The van der Waals surface area contributed by atoms with Crippen molar-refractivity contribution < 1.29 is 13.2 Å². The van der Waals surface area contributed by atoms with Gasteiger partial charge in [-0.1, -0.05) is 35.1 Å². The van der Waals surface area contributed by atoms with Gasteiger partial charge in [0.15, 0.2) is 0 Å². The lowest BCUT2D eigenvalue weighted by atomic mass is 9.48. The largest absolute Gasteiger partial charge is 0.296 e. The summed E-state index contributed by atoms with van der Waals surface area (Å²) in [6, 6.07) is 14.2. The predicted molar refractivity (Wildman–Crippen MR) is 136 cm³/mol. The number of benzene rings is 2. The number of nitrogens with one attached hydrogen (secondary N) is 2. The zero-order valence-electron chi connectivity index (χ0n) is 18.9. The first-order chi connectivity index (χ1) is 16.8. The number of hydrogen-bond donors (Lipinski definition) is 2. The monoisotopic (exact) mass is 528 g/mol. The maximum atomic E-state index is 12.9. The van der Waals surface area contributed by atoms with E-state index >= 15 is 0 Å². The molecule has 182 valence electrons. The molecule has 10 heteroatoms.